The van der Waals surface area contributed by atoms with Gasteiger partial charge in [-0.2, -0.15) is 0 Å². The number of hydrogen-bond donors (Lipinski definition) is 1. The van der Waals surface area contributed by atoms with Gasteiger partial charge in [0.05, 0.1) is 5.69 Å². The van der Waals surface area contributed by atoms with E-state index in [4.69, 9.17) is 4.74 Å². The quantitative estimate of drug-likeness (QED) is 0.942. The second-order valence-electron chi connectivity index (χ2n) is 5.03. The van der Waals surface area contributed by atoms with Gasteiger partial charge >= 0.3 is 0 Å². The lowest BCUT2D eigenvalue weighted by atomic mass is 10.0. The third-order valence-corrected chi connectivity index (χ3v) is 3.62. The Hall–Kier alpha value is -2.49. The smallest absolute Gasteiger partial charge is 0.268 e. The number of anilines is 1. The van der Waals surface area contributed by atoms with Crippen molar-refractivity contribution < 1.29 is 14.6 Å². The number of benzene rings is 2. The number of amides is 1. The van der Waals surface area contributed by atoms with Crippen molar-refractivity contribution in [1.29, 1.82) is 0 Å². The van der Waals surface area contributed by atoms with Crippen LogP contribution < -0.4 is 9.64 Å². The average molecular weight is 283 g/mol. The van der Waals surface area contributed by atoms with Gasteiger partial charge in [0.2, 0.25) is 0 Å². The fraction of sp³-hybridized carbons (Fsp3) is 0.235. The van der Waals surface area contributed by atoms with Crippen molar-refractivity contribution in [3.8, 4) is 11.5 Å². The Morgan fingerprint density at radius 1 is 1.19 bits per heavy atom. The summed E-state index contributed by atoms with van der Waals surface area (Å²) in [5, 5.41) is 9.60. The van der Waals surface area contributed by atoms with Crippen molar-refractivity contribution >= 4 is 11.6 Å². The molecule has 0 spiro atoms. The summed E-state index contributed by atoms with van der Waals surface area (Å²) in [4.78, 5) is 14.2. The summed E-state index contributed by atoms with van der Waals surface area (Å²) < 4.78 is 5.83. The highest BCUT2D eigenvalue weighted by molar-refractivity contribution is 6.00. The van der Waals surface area contributed by atoms with E-state index in [2.05, 4.69) is 0 Å². The molecule has 0 bridgehead atoms. The van der Waals surface area contributed by atoms with Crippen molar-refractivity contribution in [2.75, 3.05) is 11.4 Å². The molecule has 1 aliphatic rings. The Kier molecular flexibility index (Phi) is 3.52. The average Bonchev–Trinajstić information content (AvgIpc) is 2.50. The van der Waals surface area contributed by atoms with Crippen LogP contribution in [0.15, 0.2) is 48.5 Å². The maximum absolute atomic E-state index is 12.6. The number of likely N-dealkylation sites (N-methyl/N-ethyl adjacent to an activating group) is 1. The van der Waals surface area contributed by atoms with Gasteiger partial charge < -0.3 is 14.7 Å². The number of fused-ring (bicyclic) bond motifs is 1. The van der Waals surface area contributed by atoms with Crippen LogP contribution in [0.4, 0.5) is 5.69 Å². The molecule has 3 rings (SSSR count). The lowest BCUT2D eigenvalue weighted by Crippen LogP contribution is -2.46. The van der Waals surface area contributed by atoms with E-state index in [1.165, 1.54) is 0 Å². The maximum Gasteiger partial charge on any atom is 0.268 e. The highest BCUT2D eigenvalue weighted by atomic mass is 16.5. The summed E-state index contributed by atoms with van der Waals surface area (Å²) >= 11 is 0. The van der Waals surface area contributed by atoms with Crippen LogP contribution in [0.1, 0.15) is 12.5 Å². The van der Waals surface area contributed by atoms with Crippen molar-refractivity contribution in [3.63, 3.8) is 0 Å². The maximum atomic E-state index is 12.6. The van der Waals surface area contributed by atoms with E-state index in [1.54, 1.807) is 23.1 Å². The van der Waals surface area contributed by atoms with Crippen LogP contribution in [0.5, 0.6) is 11.5 Å². The van der Waals surface area contributed by atoms with Gasteiger partial charge in [0.25, 0.3) is 5.91 Å². The highest BCUT2D eigenvalue weighted by Crippen LogP contribution is 2.37. The first kappa shape index (κ1) is 13.5. The molecule has 1 amide bonds. The van der Waals surface area contributed by atoms with Crippen LogP contribution in [0.2, 0.25) is 0 Å². The van der Waals surface area contributed by atoms with Crippen LogP contribution in [0, 0.1) is 0 Å². The lowest BCUT2D eigenvalue weighted by molar-refractivity contribution is -0.126. The molecule has 0 saturated heterocycles. The number of ether oxygens (including phenoxy) is 1. The summed E-state index contributed by atoms with van der Waals surface area (Å²) in [6.07, 6.45) is 0.0145. The van der Waals surface area contributed by atoms with Gasteiger partial charge in [0.1, 0.15) is 11.5 Å². The number of phenolic OH excluding ortho intramolecular Hbond substituents is 1. The largest absolute Gasteiger partial charge is 0.508 e. The van der Waals surface area contributed by atoms with Crippen molar-refractivity contribution in [3.05, 3.63) is 54.1 Å². The topological polar surface area (TPSA) is 49.8 Å². The molecule has 0 aromatic heterocycles. The Balaban J connectivity index is 1.91. The van der Waals surface area contributed by atoms with Crippen molar-refractivity contribution in [2.24, 2.45) is 0 Å². The Morgan fingerprint density at radius 3 is 2.67 bits per heavy atom. The van der Waals surface area contributed by atoms with Gasteiger partial charge in [0.15, 0.2) is 6.10 Å². The van der Waals surface area contributed by atoms with Crippen LogP contribution in [-0.2, 0) is 11.2 Å². The number of aromatic hydroxyl groups is 1. The lowest BCUT2D eigenvalue weighted by Gasteiger charge is -2.33. The minimum Gasteiger partial charge on any atom is -0.508 e. The second-order valence-corrected chi connectivity index (χ2v) is 5.03. The molecular weight excluding hydrogens is 266 g/mol. The highest BCUT2D eigenvalue weighted by Gasteiger charge is 2.33. The van der Waals surface area contributed by atoms with Gasteiger partial charge in [-0.15, -0.1) is 0 Å². The molecule has 0 aliphatic carbocycles. The van der Waals surface area contributed by atoms with Crippen molar-refractivity contribution in [2.45, 2.75) is 19.4 Å². The molecular formula is C17H17NO3. The molecule has 1 unspecified atom stereocenters. The molecule has 21 heavy (non-hydrogen) atoms. The van der Waals surface area contributed by atoms with E-state index in [0.717, 1.165) is 5.56 Å². The zero-order valence-electron chi connectivity index (χ0n) is 11.8. The van der Waals surface area contributed by atoms with Gasteiger partial charge in [0, 0.05) is 19.0 Å². The number of phenols is 1. The molecule has 0 saturated carbocycles. The summed E-state index contributed by atoms with van der Waals surface area (Å²) in [5.74, 6) is 0.694. The minimum absolute atomic E-state index is 0.0700. The monoisotopic (exact) mass is 283 g/mol. The zero-order valence-corrected chi connectivity index (χ0v) is 11.8. The van der Waals surface area contributed by atoms with Crippen LogP contribution in [0.25, 0.3) is 0 Å². The van der Waals surface area contributed by atoms with Crippen LogP contribution in [-0.4, -0.2) is 23.7 Å². The van der Waals surface area contributed by atoms with Gasteiger partial charge in [-0.1, -0.05) is 30.3 Å². The third-order valence-electron chi connectivity index (χ3n) is 3.62. The van der Waals surface area contributed by atoms with E-state index < -0.39 is 6.10 Å². The number of carbonyl (C=O) groups excluding carboxylic acids is 1. The molecule has 108 valence electrons. The van der Waals surface area contributed by atoms with Crippen LogP contribution in [0.3, 0.4) is 0 Å². The number of hydrogen-bond acceptors (Lipinski definition) is 3. The molecule has 2 aromatic carbocycles. The molecule has 1 aliphatic heterocycles. The first-order chi connectivity index (χ1) is 10.2. The number of rotatable bonds is 3. The predicted octanol–water partition coefficient (Wildman–Crippen LogP) is 2.75. The number of nitrogens with zero attached hydrogens (tertiary/aromatic N) is 1. The summed E-state index contributed by atoms with van der Waals surface area (Å²) in [6, 6.07) is 14.7. The Morgan fingerprint density at radius 2 is 1.95 bits per heavy atom. The van der Waals surface area contributed by atoms with E-state index in [-0.39, 0.29) is 11.7 Å². The molecule has 1 atom stereocenters. The number of carbonyl (C=O) groups is 1. The fourth-order valence-electron chi connectivity index (χ4n) is 2.60. The van der Waals surface area contributed by atoms with Crippen LogP contribution >= 0.6 is 0 Å². The van der Waals surface area contributed by atoms with Gasteiger partial charge in [-0.05, 0) is 24.6 Å². The van der Waals surface area contributed by atoms with E-state index >= 15 is 0 Å². The molecule has 0 fully saturated rings. The Bertz CT molecular complexity index is 654. The first-order valence-corrected chi connectivity index (χ1v) is 7.04. The van der Waals surface area contributed by atoms with Crippen molar-refractivity contribution in [1.82, 2.24) is 0 Å². The van der Waals surface area contributed by atoms with E-state index in [9.17, 15) is 9.90 Å². The van der Waals surface area contributed by atoms with E-state index in [0.29, 0.717) is 24.4 Å². The fourth-order valence-corrected chi connectivity index (χ4v) is 2.60. The van der Waals surface area contributed by atoms with E-state index in [1.807, 2.05) is 37.3 Å². The molecule has 4 heteroatoms. The molecule has 4 nitrogen and oxygen atoms in total. The standard InChI is InChI=1S/C17H17NO3/c1-2-18-14-11-13(19)8-9-15(14)21-16(17(18)20)10-12-6-4-3-5-7-12/h3-9,11,16,19H,2,10H2,1H3. The molecule has 1 heterocycles. The minimum atomic E-state index is -0.524. The Labute approximate surface area is 123 Å². The molecule has 1 N–H and O–H groups in total. The zero-order chi connectivity index (χ0) is 14.8. The SMILES string of the molecule is CCN1C(=O)C(Cc2ccccc2)Oc2ccc(O)cc21. The summed E-state index contributed by atoms with van der Waals surface area (Å²) in [5.41, 5.74) is 1.70. The van der Waals surface area contributed by atoms with Gasteiger partial charge in [-0.3, -0.25) is 4.79 Å². The first-order valence-electron chi connectivity index (χ1n) is 7.04. The molecule has 0 radical (unpaired) electrons. The summed E-state index contributed by atoms with van der Waals surface area (Å²) in [7, 11) is 0. The normalized spacial score (nSPS) is 17.3. The second kappa shape index (κ2) is 5.48. The third kappa shape index (κ3) is 2.57. The molecule has 2 aromatic rings. The predicted molar refractivity (Wildman–Crippen MR) is 80.7 cm³/mol. The van der Waals surface area contributed by atoms with Gasteiger partial charge in [-0.25, -0.2) is 0 Å². The summed E-state index contributed by atoms with van der Waals surface area (Å²) in [6.45, 7) is 2.46.